The summed E-state index contributed by atoms with van der Waals surface area (Å²) in [4.78, 5) is 37.4. The maximum Gasteiger partial charge on any atom is 0.253 e. The first kappa shape index (κ1) is 24.8. The Morgan fingerprint density at radius 1 is 1.21 bits per heavy atom. The van der Waals surface area contributed by atoms with E-state index in [9.17, 15) is 14.9 Å². The lowest BCUT2D eigenvalue weighted by Gasteiger charge is -2.26. The fraction of sp³-hybridized carbons (Fsp3) is 0.379. The average molecular weight is 523 g/mol. The van der Waals surface area contributed by atoms with Crippen LogP contribution in [0, 0.1) is 23.7 Å². The second-order valence-corrected chi connectivity index (χ2v) is 10.8. The van der Waals surface area contributed by atoms with Gasteiger partial charge in [-0.1, -0.05) is 0 Å². The first-order valence-corrected chi connectivity index (χ1v) is 13.3. The lowest BCUT2D eigenvalue weighted by atomic mass is 10.1. The van der Waals surface area contributed by atoms with Crippen LogP contribution in [0.1, 0.15) is 55.9 Å². The van der Waals surface area contributed by atoms with Gasteiger partial charge in [0.1, 0.15) is 11.5 Å². The first-order chi connectivity index (χ1) is 18.8. The van der Waals surface area contributed by atoms with E-state index >= 15 is 0 Å². The Hall–Kier alpha value is -4.52. The number of amides is 1. The molecule has 4 heterocycles. The summed E-state index contributed by atoms with van der Waals surface area (Å²) in [6.07, 6.45) is 9.86. The van der Waals surface area contributed by atoms with Gasteiger partial charge in [0.25, 0.3) is 5.91 Å². The zero-order chi connectivity index (χ0) is 27.3. The summed E-state index contributed by atoms with van der Waals surface area (Å²) < 4.78 is 3.52. The van der Waals surface area contributed by atoms with Crippen LogP contribution in [0.4, 0.5) is 11.6 Å². The molecule has 198 valence electrons. The molecular weight excluding hydrogens is 492 g/mol. The lowest BCUT2D eigenvalue weighted by molar-refractivity contribution is -0.135. The minimum absolute atomic E-state index is 0.140. The number of nitrogens with zero attached hydrogens (tertiary/aromatic N) is 7. The number of hydrogen-bond donors (Lipinski definition) is 1. The summed E-state index contributed by atoms with van der Waals surface area (Å²) in [6.45, 7) is 6.65. The molecule has 1 aliphatic heterocycles. The number of hydrogen-bond acceptors (Lipinski definition) is 7. The Bertz CT molecular complexity index is 1640. The van der Waals surface area contributed by atoms with Crippen molar-refractivity contribution in [1.29, 1.82) is 5.26 Å². The van der Waals surface area contributed by atoms with Gasteiger partial charge in [0.15, 0.2) is 0 Å². The van der Waals surface area contributed by atoms with E-state index in [2.05, 4.69) is 35.3 Å². The van der Waals surface area contributed by atoms with Gasteiger partial charge in [0.2, 0.25) is 11.9 Å². The van der Waals surface area contributed by atoms with Crippen LogP contribution in [0.25, 0.3) is 22.2 Å². The molecule has 0 radical (unpaired) electrons. The van der Waals surface area contributed by atoms with Gasteiger partial charge < -0.3 is 10.2 Å². The Morgan fingerprint density at radius 2 is 2.03 bits per heavy atom. The van der Waals surface area contributed by atoms with Gasteiger partial charge in [0.05, 0.1) is 23.5 Å². The van der Waals surface area contributed by atoms with E-state index in [-0.39, 0.29) is 17.9 Å². The number of aromatic nitrogens is 5. The third kappa shape index (κ3) is 4.34. The molecule has 10 heteroatoms. The van der Waals surface area contributed by atoms with Crippen LogP contribution in [0.15, 0.2) is 49.1 Å². The van der Waals surface area contributed by atoms with Gasteiger partial charge in [0, 0.05) is 47.8 Å². The molecule has 1 N–H and O–H groups in total. The molecule has 2 aliphatic rings. The van der Waals surface area contributed by atoms with E-state index < -0.39 is 11.5 Å². The molecule has 1 aromatic carbocycles. The van der Waals surface area contributed by atoms with Crippen LogP contribution >= 0.6 is 0 Å². The summed E-state index contributed by atoms with van der Waals surface area (Å²) in [7, 11) is 0. The third-order valence-electron chi connectivity index (χ3n) is 7.73. The van der Waals surface area contributed by atoms with E-state index in [1.54, 1.807) is 21.9 Å². The molecule has 10 nitrogen and oxygen atoms in total. The highest BCUT2D eigenvalue weighted by molar-refractivity contribution is 5.99. The van der Waals surface area contributed by atoms with Crippen molar-refractivity contribution in [3.05, 3.63) is 54.6 Å². The molecule has 2 fully saturated rings. The summed E-state index contributed by atoms with van der Waals surface area (Å²) in [5.74, 6) is 0.130. The summed E-state index contributed by atoms with van der Waals surface area (Å²) >= 11 is 0. The SMILES string of the molecule is Cc1cnc(Nc2ccc3c(ccn3C(=O)C3CCCN3C(=O)C3(C#N)CC3)c2)nc1-c1cnn(C(C)C)c1. The molecule has 1 saturated heterocycles. The van der Waals surface area contributed by atoms with Crippen LogP contribution in [0.2, 0.25) is 0 Å². The van der Waals surface area contributed by atoms with Gasteiger partial charge in [-0.15, -0.1) is 0 Å². The number of nitrogens with one attached hydrogen (secondary N) is 1. The van der Waals surface area contributed by atoms with Crippen molar-refractivity contribution in [2.75, 3.05) is 11.9 Å². The molecule has 1 saturated carbocycles. The van der Waals surface area contributed by atoms with Crippen LogP contribution in [-0.4, -0.2) is 53.6 Å². The number of carbonyl (C=O) groups is 2. The Kier molecular flexibility index (Phi) is 5.94. The van der Waals surface area contributed by atoms with Crippen molar-refractivity contribution in [3.63, 3.8) is 0 Å². The highest BCUT2D eigenvalue weighted by atomic mass is 16.2. The van der Waals surface area contributed by atoms with E-state index in [0.29, 0.717) is 31.8 Å². The predicted octanol–water partition coefficient (Wildman–Crippen LogP) is 4.86. The van der Waals surface area contributed by atoms with Crippen LogP contribution < -0.4 is 5.32 Å². The van der Waals surface area contributed by atoms with Crippen LogP contribution in [0.5, 0.6) is 0 Å². The molecule has 6 rings (SSSR count). The number of carbonyl (C=O) groups excluding carboxylic acids is 2. The number of nitriles is 1. The molecular formula is C29H30N8O2. The van der Waals surface area contributed by atoms with Gasteiger partial charge in [-0.25, -0.2) is 9.97 Å². The number of benzene rings is 1. The van der Waals surface area contributed by atoms with Gasteiger partial charge in [-0.3, -0.25) is 18.8 Å². The normalized spacial score (nSPS) is 17.9. The Labute approximate surface area is 226 Å². The summed E-state index contributed by atoms with van der Waals surface area (Å²) in [5.41, 5.74) is 3.34. The maximum absolute atomic E-state index is 13.5. The molecule has 3 aromatic heterocycles. The zero-order valence-corrected chi connectivity index (χ0v) is 22.3. The highest BCUT2D eigenvalue weighted by Gasteiger charge is 2.54. The number of aryl methyl sites for hydroxylation is 1. The molecule has 0 spiro atoms. The molecule has 0 bridgehead atoms. The van der Waals surface area contributed by atoms with Crippen molar-refractivity contribution in [2.24, 2.45) is 5.41 Å². The second kappa shape index (κ2) is 9.34. The molecule has 1 unspecified atom stereocenters. The van der Waals surface area contributed by atoms with Gasteiger partial charge in [-0.05, 0) is 76.3 Å². The van der Waals surface area contributed by atoms with Crippen molar-refractivity contribution >= 4 is 34.4 Å². The number of anilines is 2. The van der Waals surface area contributed by atoms with E-state index in [4.69, 9.17) is 4.98 Å². The molecule has 1 amide bonds. The minimum atomic E-state index is -0.922. The van der Waals surface area contributed by atoms with Gasteiger partial charge in [-0.2, -0.15) is 10.4 Å². The van der Waals surface area contributed by atoms with Crippen molar-refractivity contribution in [1.82, 2.24) is 29.2 Å². The number of fused-ring (bicyclic) bond motifs is 1. The molecule has 1 aliphatic carbocycles. The van der Waals surface area contributed by atoms with E-state index in [0.717, 1.165) is 39.8 Å². The quantitative estimate of drug-likeness (QED) is 0.384. The summed E-state index contributed by atoms with van der Waals surface area (Å²) in [6, 6.07) is 9.49. The first-order valence-electron chi connectivity index (χ1n) is 13.3. The monoisotopic (exact) mass is 522 g/mol. The molecule has 4 aromatic rings. The highest BCUT2D eigenvalue weighted by Crippen LogP contribution is 2.47. The van der Waals surface area contributed by atoms with E-state index in [1.165, 1.54) is 0 Å². The predicted molar refractivity (Wildman–Crippen MR) is 146 cm³/mol. The standard InChI is InChI=1S/C29H30N8O2/c1-18(2)37-16-21(15-32-37)25-19(3)14-31-28(34-25)33-22-6-7-23-20(13-22)8-12-35(23)26(38)24-5-4-11-36(24)27(39)29(17-30)9-10-29/h6-8,12-16,18,24H,4-5,9-11H2,1-3H3,(H,31,33,34). The number of rotatable bonds is 6. The average Bonchev–Trinajstić information content (AvgIpc) is 3.29. The van der Waals surface area contributed by atoms with Crippen molar-refractivity contribution in [3.8, 4) is 17.3 Å². The van der Waals surface area contributed by atoms with E-state index in [1.807, 2.05) is 48.3 Å². The smallest absolute Gasteiger partial charge is 0.253 e. The van der Waals surface area contributed by atoms with Crippen molar-refractivity contribution < 1.29 is 9.59 Å². The second-order valence-electron chi connectivity index (χ2n) is 10.8. The topological polar surface area (TPSA) is 122 Å². The maximum atomic E-state index is 13.5. The third-order valence-corrected chi connectivity index (χ3v) is 7.73. The van der Waals surface area contributed by atoms with Crippen LogP contribution in [0.3, 0.4) is 0 Å². The lowest BCUT2D eigenvalue weighted by Crippen LogP contribution is -2.45. The van der Waals surface area contributed by atoms with Crippen molar-refractivity contribution in [2.45, 2.75) is 58.5 Å². The largest absolute Gasteiger partial charge is 0.329 e. The van der Waals surface area contributed by atoms with Gasteiger partial charge >= 0.3 is 0 Å². The zero-order valence-electron chi connectivity index (χ0n) is 22.3. The molecule has 1 atom stereocenters. The fourth-order valence-corrected chi connectivity index (χ4v) is 5.28. The minimum Gasteiger partial charge on any atom is -0.329 e. The Balaban J connectivity index is 1.23. The number of likely N-dealkylation sites (tertiary alicyclic amines) is 1. The fourth-order valence-electron chi connectivity index (χ4n) is 5.28. The Morgan fingerprint density at radius 3 is 2.74 bits per heavy atom. The summed E-state index contributed by atoms with van der Waals surface area (Å²) in [5, 5.41) is 18.1. The van der Waals surface area contributed by atoms with Crippen LogP contribution in [-0.2, 0) is 4.79 Å². The molecule has 39 heavy (non-hydrogen) atoms.